The Morgan fingerprint density at radius 3 is 2.37 bits per heavy atom. The first-order valence-electron chi connectivity index (χ1n) is 6.00. The van der Waals surface area contributed by atoms with Gasteiger partial charge in [0.15, 0.2) is 0 Å². The largest absolute Gasteiger partial charge is 0.391 e. The van der Waals surface area contributed by atoms with Crippen LogP contribution in [0.25, 0.3) is 11.1 Å². The maximum atomic E-state index is 11.1. The molecule has 0 atom stereocenters. The molecule has 0 amide bonds. The lowest BCUT2D eigenvalue weighted by molar-refractivity contribution is -0.386. The summed E-state index contributed by atoms with van der Waals surface area (Å²) in [6.45, 7) is 3.17. The van der Waals surface area contributed by atoms with E-state index in [0.717, 1.165) is 16.7 Å². The Balaban J connectivity index is 2.73. The Bertz CT molecular complexity index is 621. The summed E-state index contributed by atoms with van der Waals surface area (Å²) in [5, 5.41) is 20.5. The van der Waals surface area contributed by atoms with Crippen molar-refractivity contribution in [1.82, 2.24) is 0 Å². The van der Waals surface area contributed by atoms with Gasteiger partial charge in [0, 0.05) is 5.56 Å². The Kier molecular flexibility index (Phi) is 3.62. The van der Waals surface area contributed by atoms with Crippen molar-refractivity contribution in [3.63, 3.8) is 0 Å². The molecule has 0 radical (unpaired) electrons. The molecule has 2 aromatic carbocycles. The molecule has 0 aromatic heterocycles. The molecule has 0 saturated carbocycles. The van der Waals surface area contributed by atoms with Crippen LogP contribution in [0, 0.1) is 24.0 Å². The van der Waals surface area contributed by atoms with Crippen LogP contribution in [0.3, 0.4) is 0 Å². The molecule has 0 spiro atoms. The van der Waals surface area contributed by atoms with Crippen LogP contribution in [0.5, 0.6) is 0 Å². The Hall–Kier alpha value is -2.20. The van der Waals surface area contributed by atoms with Gasteiger partial charge in [0.25, 0.3) is 5.69 Å². The van der Waals surface area contributed by atoms with E-state index >= 15 is 0 Å². The van der Waals surface area contributed by atoms with Crippen LogP contribution in [0.4, 0.5) is 5.69 Å². The standard InChI is InChI=1S/C15H15NO3/c1-10-8-13(12-6-4-3-5-7-12)11(2)14(9-17)15(10)16(18)19/h3-8,17H,9H2,1-2H3. The van der Waals surface area contributed by atoms with E-state index in [1.54, 1.807) is 13.8 Å². The minimum atomic E-state index is -0.428. The Morgan fingerprint density at radius 2 is 1.84 bits per heavy atom. The number of aryl methyl sites for hydroxylation is 1. The van der Waals surface area contributed by atoms with E-state index in [4.69, 9.17) is 0 Å². The molecule has 2 rings (SSSR count). The predicted octanol–water partition coefficient (Wildman–Crippen LogP) is 3.37. The molecule has 0 aliphatic carbocycles. The van der Waals surface area contributed by atoms with E-state index in [9.17, 15) is 15.2 Å². The van der Waals surface area contributed by atoms with Crippen molar-refractivity contribution >= 4 is 5.69 Å². The summed E-state index contributed by atoms with van der Waals surface area (Å²) in [7, 11) is 0. The highest BCUT2D eigenvalue weighted by Crippen LogP contribution is 2.34. The molecule has 4 heteroatoms. The van der Waals surface area contributed by atoms with Crippen molar-refractivity contribution in [2.24, 2.45) is 0 Å². The average Bonchev–Trinajstić information content (AvgIpc) is 2.41. The van der Waals surface area contributed by atoms with Gasteiger partial charge in [-0.2, -0.15) is 0 Å². The predicted molar refractivity (Wildman–Crippen MR) is 73.9 cm³/mol. The molecular weight excluding hydrogens is 242 g/mol. The molecule has 0 saturated heterocycles. The molecular formula is C15H15NO3. The molecule has 1 N–H and O–H groups in total. The highest BCUT2D eigenvalue weighted by Gasteiger charge is 2.21. The first-order valence-corrected chi connectivity index (χ1v) is 6.00. The summed E-state index contributed by atoms with van der Waals surface area (Å²) in [6, 6.07) is 11.5. The third-order valence-corrected chi connectivity index (χ3v) is 3.30. The van der Waals surface area contributed by atoms with E-state index in [-0.39, 0.29) is 12.3 Å². The normalized spacial score (nSPS) is 10.5. The molecule has 0 fully saturated rings. The van der Waals surface area contributed by atoms with Crippen LogP contribution in [0.1, 0.15) is 16.7 Å². The third kappa shape index (κ3) is 2.35. The van der Waals surface area contributed by atoms with Crippen molar-refractivity contribution in [2.75, 3.05) is 0 Å². The number of aliphatic hydroxyl groups is 1. The minimum Gasteiger partial charge on any atom is -0.391 e. The SMILES string of the molecule is Cc1cc(-c2ccccc2)c(C)c(CO)c1[N+](=O)[O-]. The number of benzene rings is 2. The first-order chi connectivity index (χ1) is 9.06. The number of aliphatic hydroxyl groups excluding tert-OH is 1. The summed E-state index contributed by atoms with van der Waals surface area (Å²) < 4.78 is 0. The van der Waals surface area contributed by atoms with Gasteiger partial charge in [-0.05, 0) is 36.6 Å². The summed E-state index contributed by atoms with van der Waals surface area (Å²) in [5.41, 5.74) is 3.65. The van der Waals surface area contributed by atoms with E-state index in [1.807, 2.05) is 36.4 Å². The van der Waals surface area contributed by atoms with Crippen LogP contribution in [-0.2, 0) is 6.61 Å². The summed E-state index contributed by atoms with van der Waals surface area (Å²) in [5.74, 6) is 0. The van der Waals surface area contributed by atoms with Gasteiger partial charge in [0.1, 0.15) is 0 Å². The fraction of sp³-hybridized carbons (Fsp3) is 0.200. The zero-order valence-corrected chi connectivity index (χ0v) is 10.9. The van der Waals surface area contributed by atoms with Crippen molar-refractivity contribution in [1.29, 1.82) is 0 Å². The number of nitro groups is 1. The Labute approximate surface area is 111 Å². The van der Waals surface area contributed by atoms with Crippen LogP contribution >= 0.6 is 0 Å². The van der Waals surface area contributed by atoms with E-state index < -0.39 is 4.92 Å². The lowest BCUT2D eigenvalue weighted by Crippen LogP contribution is -2.02. The zero-order valence-electron chi connectivity index (χ0n) is 10.9. The maximum absolute atomic E-state index is 11.1. The summed E-state index contributed by atoms with van der Waals surface area (Å²) in [6.07, 6.45) is 0. The molecule has 0 heterocycles. The lowest BCUT2D eigenvalue weighted by atomic mass is 9.93. The topological polar surface area (TPSA) is 63.4 Å². The molecule has 0 bridgehead atoms. The molecule has 4 nitrogen and oxygen atoms in total. The number of hydrogen-bond donors (Lipinski definition) is 1. The number of nitro benzene ring substituents is 1. The van der Waals surface area contributed by atoms with E-state index in [2.05, 4.69) is 0 Å². The molecule has 0 aliphatic rings. The smallest absolute Gasteiger partial charge is 0.278 e. The monoisotopic (exact) mass is 257 g/mol. The number of hydrogen-bond acceptors (Lipinski definition) is 3. The molecule has 19 heavy (non-hydrogen) atoms. The molecule has 0 aliphatic heterocycles. The van der Waals surface area contributed by atoms with Crippen LogP contribution < -0.4 is 0 Å². The number of rotatable bonds is 3. The molecule has 0 unspecified atom stereocenters. The van der Waals surface area contributed by atoms with Gasteiger partial charge < -0.3 is 5.11 Å². The Morgan fingerprint density at radius 1 is 1.21 bits per heavy atom. The van der Waals surface area contributed by atoms with Gasteiger partial charge in [-0.15, -0.1) is 0 Å². The highest BCUT2D eigenvalue weighted by molar-refractivity contribution is 5.73. The van der Waals surface area contributed by atoms with Gasteiger partial charge in [0.2, 0.25) is 0 Å². The van der Waals surface area contributed by atoms with Gasteiger partial charge in [-0.3, -0.25) is 10.1 Å². The van der Waals surface area contributed by atoms with Crippen LogP contribution in [0.2, 0.25) is 0 Å². The van der Waals surface area contributed by atoms with Crippen LogP contribution in [0.15, 0.2) is 36.4 Å². The van der Waals surface area contributed by atoms with Gasteiger partial charge in [0.05, 0.1) is 17.1 Å². The van der Waals surface area contributed by atoms with E-state index in [0.29, 0.717) is 11.1 Å². The van der Waals surface area contributed by atoms with Crippen LogP contribution in [-0.4, -0.2) is 10.0 Å². The summed E-state index contributed by atoms with van der Waals surface area (Å²) >= 11 is 0. The highest BCUT2D eigenvalue weighted by atomic mass is 16.6. The second kappa shape index (κ2) is 5.20. The van der Waals surface area contributed by atoms with Crippen molar-refractivity contribution < 1.29 is 10.0 Å². The van der Waals surface area contributed by atoms with Gasteiger partial charge in [-0.25, -0.2) is 0 Å². The second-order valence-corrected chi connectivity index (χ2v) is 4.47. The fourth-order valence-electron chi connectivity index (χ4n) is 2.34. The fourth-order valence-corrected chi connectivity index (χ4v) is 2.34. The van der Waals surface area contributed by atoms with Gasteiger partial charge >= 0.3 is 0 Å². The first kappa shape index (κ1) is 13.2. The van der Waals surface area contributed by atoms with Crippen molar-refractivity contribution in [2.45, 2.75) is 20.5 Å². The molecule has 2 aromatic rings. The maximum Gasteiger partial charge on any atom is 0.278 e. The molecule has 98 valence electrons. The quantitative estimate of drug-likeness (QED) is 0.677. The average molecular weight is 257 g/mol. The van der Waals surface area contributed by atoms with Crippen molar-refractivity contribution in [3.8, 4) is 11.1 Å². The summed E-state index contributed by atoms with van der Waals surface area (Å²) in [4.78, 5) is 10.7. The lowest BCUT2D eigenvalue weighted by Gasteiger charge is -2.13. The van der Waals surface area contributed by atoms with E-state index in [1.165, 1.54) is 0 Å². The number of nitrogens with zero attached hydrogens (tertiary/aromatic N) is 1. The van der Waals surface area contributed by atoms with Crippen molar-refractivity contribution in [3.05, 3.63) is 63.2 Å². The van der Waals surface area contributed by atoms with Gasteiger partial charge in [-0.1, -0.05) is 30.3 Å². The zero-order chi connectivity index (χ0) is 14.0. The second-order valence-electron chi connectivity index (χ2n) is 4.47. The minimum absolute atomic E-state index is 0.0136. The third-order valence-electron chi connectivity index (χ3n) is 3.30.